The van der Waals surface area contributed by atoms with Crippen molar-refractivity contribution < 1.29 is 9.90 Å². The Bertz CT molecular complexity index is 1110. The molecule has 31 heavy (non-hydrogen) atoms. The smallest absolute Gasteiger partial charge is 0.382 e. The highest BCUT2D eigenvalue weighted by Crippen LogP contribution is 2.28. The lowest BCUT2D eigenvalue weighted by molar-refractivity contribution is -0.130. The number of fused-ring (bicyclic) bond motifs is 1. The summed E-state index contributed by atoms with van der Waals surface area (Å²) in [6, 6.07) is 11.4. The molecule has 2 aromatic heterocycles. The van der Waals surface area contributed by atoms with Crippen molar-refractivity contribution in [3.8, 4) is 23.1 Å². The second-order valence-corrected chi connectivity index (χ2v) is 7.76. The maximum absolute atomic E-state index is 10.6. The molecule has 0 radical (unpaired) electrons. The Labute approximate surface area is 182 Å². The van der Waals surface area contributed by atoms with Crippen LogP contribution in [0.25, 0.3) is 22.2 Å². The SMILES string of the molecule is O=C(O)C#Cc1ccc(-c2cc(NCCCN3CCCCC3)c3cnccc3n2)cc1. The van der Waals surface area contributed by atoms with Gasteiger partial charge in [0.25, 0.3) is 0 Å². The first kappa shape index (κ1) is 20.8. The number of anilines is 1. The van der Waals surface area contributed by atoms with Gasteiger partial charge >= 0.3 is 5.97 Å². The third kappa shape index (κ3) is 5.59. The molecule has 0 unspecified atom stereocenters. The lowest BCUT2D eigenvalue weighted by Gasteiger charge is -2.26. The predicted octanol–water partition coefficient (Wildman–Crippen LogP) is 4.02. The van der Waals surface area contributed by atoms with Crippen LogP contribution in [-0.4, -0.2) is 52.1 Å². The van der Waals surface area contributed by atoms with Crippen LogP contribution in [0.4, 0.5) is 5.69 Å². The molecule has 6 nitrogen and oxygen atoms in total. The number of aromatic nitrogens is 2. The van der Waals surface area contributed by atoms with Gasteiger partial charge in [-0.25, -0.2) is 9.78 Å². The number of nitrogens with one attached hydrogen (secondary N) is 1. The standard InChI is InChI=1S/C25H26N4O2/c30-25(31)10-7-19-5-8-20(9-6-19)23-17-24(21-18-26-13-11-22(21)28-23)27-12-4-16-29-14-2-1-3-15-29/h5-6,8-9,11,13,17-18H,1-4,12,14-16H2,(H,27,28)(H,30,31). The molecule has 158 valence electrons. The van der Waals surface area contributed by atoms with E-state index in [2.05, 4.69) is 33.1 Å². The topological polar surface area (TPSA) is 78.4 Å². The normalized spacial score (nSPS) is 14.1. The quantitative estimate of drug-likeness (QED) is 0.469. The molecule has 1 aliphatic heterocycles. The number of likely N-dealkylation sites (tertiary alicyclic amines) is 1. The number of nitrogens with zero attached hydrogens (tertiary/aromatic N) is 3. The van der Waals surface area contributed by atoms with Gasteiger partial charge in [-0.05, 0) is 63.2 Å². The maximum Gasteiger partial charge on any atom is 0.382 e. The summed E-state index contributed by atoms with van der Waals surface area (Å²) in [6.07, 6.45) is 8.70. The van der Waals surface area contributed by atoms with Crippen LogP contribution in [-0.2, 0) is 4.79 Å². The number of hydrogen-bond acceptors (Lipinski definition) is 5. The highest BCUT2D eigenvalue weighted by atomic mass is 16.4. The highest BCUT2D eigenvalue weighted by molar-refractivity contribution is 5.93. The van der Waals surface area contributed by atoms with Crippen molar-refractivity contribution >= 4 is 22.6 Å². The monoisotopic (exact) mass is 414 g/mol. The lowest BCUT2D eigenvalue weighted by atomic mass is 10.1. The molecule has 4 rings (SSSR count). The minimum atomic E-state index is -1.13. The number of rotatable bonds is 6. The zero-order valence-corrected chi connectivity index (χ0v) is 17.5. The lowest BCUT2D eigenvalue weighted by Crippen LogP contribution is -2.31. The Morgan fingerprint density at radius 3 is 2.71 bits per heavy atom. The summed E-state index contributed by atoms with van der Waals surface area (Å²) in [6.45, 7) is 4.46. The van der Waals surface area contributed by atoms with Crippen molar-refractivity contribution in [2.45, 2.75) is 25.7 Å². The molecule has 0 aliphatic carbocycles. The van der Waals surface area contributed by atoms with Gasteiger partial charge in [0.1, 0.15) is 0 Å². The summed E-state index contributed by atoms with van der Waals surface area (Å²) in [4.78, 5) is 22.2. The van der Waals surface area contributed by atoms with Gasteiger partial charge in [-0.2, -0.15) is 0 Å². The minimum Gasteiger partial charge on any atom is -0.472 e. The zero-order chi connectivity index (χ0) is 21.5. The summed E-state index contributed by atoms with van der Waals surface area (Å²) < 4.78 is 0. The fourth-order valence-electron chi connectivity index (χ4n) is 3.92. The number of aliphatic carboxylic acids is 1. The Morgan fingerprint density at radius 2 is 1.94 bits per heavy atom. The van der Waals surface area contributed by atoms with Crippen LogP contribution >= 0.6 is 0 Å². The first-order chi connectivity index (χ1) is 15.2. The fraction of sp³-hybridized carbons (Fsp3) is 0.320. The van der Waals surface area contributed by atoms with E-state index in [1.54, 1.807) is 6.20 Å². The fourth-order valence-corrected chi connectivity index (χ4v) is 3.92. The largest absolute Gasteiger partial charge is 0.472 e. The zero-order valence-electron chi connectivity index (χ0n) is 17.5. The Kier molecular flexibility index (Phi) is 6.75. The van der Waals surface area contributed by atoms with Crippen molar-refractivity contribution in [1.82, 2.24) is 14.9 Å². The van der Waals surface area contributed by atoms with Crippen LogP contribution in [0, 0.1) is 11.8 Å². The molecular formula is C25H26N4O2. The van der Waals surface area contributed by atoms with Gasteiger partial charge < -0.3 is 15.3 Å². The molecule has 6 heteroatoms. The van der Waals surface area contributed by atoms with E-state index in [1.807, 2.05) is 36.5 Å². The second-order valence-electron chi connectivity index (χ2n) is 7.76. The molecule has 1 fully saturated rings. The van der Waals surface area contributed by atoms with Crippen molar-refractivity contribution in [2.75, 3.05) is 31.5 Å². The summed E-state index contributed by atoms with van der Waals surface area (Å²) >= 11 is 0. The van der Waals surface area contributed by atoms with Crippen molar-refractivity contribution in [3.05, 3.63) is 54.4 Å². The van der Waals surface area contributed by atoms with E-state index < -0.39 is 5.97 Å². The molecular weight excluding hydrogens is 388 g/mol. The Hall–Kier alpha value is -3.43. The number of hydrogen-bond donors (Lipinski definition) is 2. The van der Waals surface area contributed by atoms with E-state index in [4.69, 9.17) is 10.1 Å². The number of carboxylic acid groups (broad SMARTS) is 1. The van der Waals surface area contributed by atoms with Crippen molar-refractivity contribution in [1.29, 1.82) is 0 Å². The summed E-state index contributed by atoms with van der Waals surface area (Å²) in [5, 5.41) is 13.3. The van der Waals surface area contributed by atoms with Gasteiger partial charge in [0.15, 0.2) is 0 Å². The number of carbonyl (C=O) groups is 1. The van der Waals surface area contributed by atoms with E-state index in [-0.39, 0.29) is 0 Å². The Balaban J connectivity index is 1.50. The van der Waals surface area contributed by atoms with E-state index in [0.29, 0.717) is 5.56 Å². The van der Waals surface area contributed by atoms with Gasteiger partial charge in [-0.1, -0.05) is 24.5 Å². The average molecular weight is 415 g/mol. The molecule has 0 amide bonds. The average Bonchev–Trinajstić information content (AvgIpc) is 2.81. The molecule has 0 spiro atoms. The number of pyridine rings is 2. The minimum absolute atomic E-state index is 0.659. The van der Waals surface area contributed by atoms with Gasteiger partial charge in [0.05, 0.1) is 11.2 Å². The van der Waals surface area contributed by atoms with Crippen LogP contribution in [0.3, 0.4) is 0 Å². The highest BCUT2D eigenvalue weighted by Gasteiger charge is 2.10. The van der Waals surface area contributed by atoms with Crippen molar-refractivity contribution in [3.63, 3.8) is 0 Å². The van der Waals surface area contributed by atoms with Crippen LogP contribution < -0.4 is 5.32 Å². The van der Waals surface area contributed by atoms with E-state index >= 15 is 0 Å². The molecule has 1 aromatic carbocycles. The third-order valence-electron chi connectivity index (χ3n) is 5.52. The van der Waals surface area contributed by atoms with Crippen LogP contribution in [0.15, 0.2) is 48.8 Å². The number of carboxylic acids is 1. The second kappa shape index (κ2) is 10.1. The van der Waals surface area contributed by atoms with E-state index in [0.717, 1.165) is 47.4 Å². The van der Waals surface area contributed by atoms with E-state index in [1.165, 1.54) is 32.4 Å². The number of benzene rings is 1. The molecule has 1 saturated heterocycles. The van der Waals surface area contributed by atoms with Crippen LogP contribution in [0.2, 0.25) is 0 Å². The summed E-state index contributed by atoms with van der Waals surface area (Å²) in [7, 11) is 0. The molecule has 2 N–H and O–H groups in total. The van der Waals surface area contributed by atoms with E-state index in [9.17, 15) is 4.79 Å². The molecule has 0 atom stereocenters. The first-order valence-corrected chi connectivity index (χ1v) is 10.8. The molecule has 3 aromatic rings. The summed E-state index contributed by atoms with van der Waals surface area (Å²) in [5.41, 5.74) is 4.39. The number of piperidine rings is 1. The Morgan fingerprint density at radius 1 is 1.13 bits per heavy atom. The summed E-state index contributed by atoms with van der Waals surface area (Å²) in [5.74, 6) is 3.63. The van der Waals surface area contributed by atoms with Gasteiger partial charge in [0.2, 0.25) is 0 Å². The molecule has 0 saturated carbocycles. The van der Waals surface area contributed by atoms with Crippen LogP contribution in [0.5, 0.6) is 0 Å². The van der Waals surface area contributed by atoms with Gasteiger partial charge in [-0.15, -0.1) is 0 Å². The van der Waals surface area contributed by atoms with Crippen LogP contribution in [0.1, 0.15) is 31.2 Å². The first-order valence-electron chi connectivity index (χ1n) is 10.8. The van der Waals surface area contributed by atoms with Crippen molar-refractivity contribution in [2.24, 2.45) is 0 Å². The molecule has 1 aliphatic rings. The predicted molar refractivity (Wildman–Crippen MR) is 123 cm³/mol. The van der Waals surface area contributed by atoms with Gasteiger partial charge in [0, 0.05) is 47.1 Å². The molecule has 0 bridgehead atoms. The molecule has 3 heterocycles. The van der Waals surface area contributed by atoms with Gasteiger partial charge in [-0.3, -0.25) is 4.98 Å². The maximum atomic E-state index is 10.6. The third-order valence-corrected chi connectivity index (χ3v) is 5.52.